The third kappa shape index (κ3) is 4.54. The number of hydrogen-bond donors (Lipinski definition) is 2. The highest BCUT2D eigenvalue weighted by Crippen LogP contribution is 2.29. The monoisotopic (exact) mass is 376 g/mol. The molecule has 1 aromatic carbocycles. The lowest BCUT2D eigenvalue weighted by Crippen LogP contribution is -2.47. The molecule has 0 radical (unpaired) electrons. The van der Waals surface area contributed by atoms with Crippen LogP contribution in [0.3, 0.4) is 0 Å². The van der Waals surface area contributed by atoms with Crippen molar-refractivity contribution in [2.45, 2.75) is 22.6 Å². The molecule has 7 nitrogen and oxygen atoms in total. The number of methoxy groups -OCH3 is 1. The Labute approximate surface area is 143 Å². The molecule has 0 bridgehead atoms. The van der Waals surface area contributed by atoms with Crippen molar-refractivity contribution >= 4 is 19.9 Å². The second-order valence-electron chi connectivity index (χ2n) is 6.23. The summed E-state index contributed by atoms with van der Waals surface area (Å²) in [6.07, 6.45) is 2.58. The molecule has 0 aliphatic carbocycles. The van der Waals surface area contributed by atoms with Crippen molar-refractivity contribution in [3.63, 3.8) is 0 Å². The lowest BCUT2D eigenvalue weighted by atomic mass is 9.80. The van der Waals surface area contributed by atoms with Gasteiger partial charge in [0.25, 0.3) is 0 Å². The summed E-state index contributed by atoms with van der Waals surface area (Å²) in [4.78, 5) is -0.405. The fraction of sp³-hybridized carbons (Fsp3) is 0.600. The predicted octanol–water partition coefficient (Wildman–Crippen LogP) is 0.385. The van der Waals surface area contributed by atoms with Gasteiger partial charge in [0.15, 0.2) is 9.84 Å². The van der Waals surface area contributed by atoms with Crippen molar-refractivity contribution < 1.29 is 21.6 Å². The molecule has 0 atom stereocenters. The first-order chi connectivity index (χ1) is 11.2. The van der Waals surface area contributed by atoms with Crippen LogP contribution in [0.2, 0.25) is 0 Å². The summed E-state index contributed by atoms with van der Waals surface area (Å²) in [5.74, 6) is 0. The average molecular weight is 377 g/mol. The van der Waals surface area contributed by atoms with Gasteiger partial charge in [-0.1, -0.05) is 12.1 Å². The second kappa shape index (κ2) is 7.49. The van der Waals surface area contributed by atoms with E-state index >= 15 is 0 Å². The van der Waals surface area contributed by atoms with Crippen LogP contribution in [0.4, 0.5) is 0 Å². The number of benzene rings is 1. The van der Waals surface area contributed by atoms with Crippen molar-refractivity contribution in [2.24, 2.45) is 5.41 Å². The van der Waals surface area contributed by atoms with E-state index in [9.17, 15) is 16.8 Å². The molecule has 1 fully saturated rings. The maximum absolute atomic E-state index is 12.7. The van der Waals surface area contributed by atoms with E-state index in [0.717, 1.165) is 32.2 Å². The Morgan fingerprint density at radius 1 is 1.12 bits per heavy atom. The first-order valence-electron chi connectivity index (χ1n) is 7.69. The minimum Gasteiger partial charge on any atom is -0.384 e. The van der Waals surface area contributed by atoms with Crippen molar-refractivity contribution in [3.8, 4) is 0 Å². The van der Waals surface area contributed by atoms with Gasteiger partial charge >= 0.3 is 0 Å². The summed E-state index contributed by atoms with van der Waals surface area (Å²) in [5.41, 5.74) is -0.285. The highest BCUT2D eigenvalue weighted by atomic mass is 32.2. The quantitative estimate of drug-likeness (QED) is 0.714. The van der Waals surface area contributed by atoms with E-state index in [1.54, 1.807) is 7.11 Å². The van der Waals surface area contributed by atoms with Crippen LogP contribution in [0.1, 0.15) is 12.8 Å². The summed E-state index contributed by atoms with van der Waals surface area (Å²) < 4.78 is 56.9. The van der Waals surface area contributed by atoms with Gasteiger partial charge in [-0.05, 0) is 38.1 Å². The van der Waals surface area contributed by atoms with Crippen LogP contribution < -0.4 is 10.0 Å². The fourth-order valence-corrected chi connectivity index (χ4v) is 5.72. The zero-order chi connectivity index (χ0) is 17.8. The number of nitrogens with one attached hydrogen (secondary N) is 2. The molecule has 1 aliphatic heterocycles. The average Bonchev–Trinajstić information content (AvgIpc) is 2.54. The summed E-state index contributed by atoms with van der Waals surface area (Å²) in [5, 5.41) is 3.24. The molecule has 2 rings (SSSR count). The van der Waals surface area contributed by atoms with Crippen LogP contribution in [0.15, 0.2) is 34.1 Å². The molecule has 0 aromatic heterocycles. The molecule has 1 aromatic rings. The minimum absolute atomic E-state index is 0.191. The van der Waals surface area contributed by atoms with E-state index in [1.807, 2.05) is 0 Å². The van der Waals surface area contributed by atoms with Crippen LogP contribution in [-0.2, 0) is 24.6 Å². The number of ether oxygens (including phenoxy) is 1. The fourth-order valence-electron chi connectivity index (χ4n) is 2.94. The van der Waals surface area contributed by atoms with Gasteiger partial charge in [0, 0.05) is 25.3 Å². The van der Waals surface area contributed by atoms with E-state index in [2.05, 4.69) is 10.0 Å². The largest absolute Gasteiger partial charge is 0.384 e. The molecule has 0 spiro atoms. The Hall–Kier alpha value is -1.00. The van der Waals surface area contributed by atoms with E-state index in [-0.39, 0.29) is 21.8 Å². The number of sulfone groups is 1. The molecule has 1 aliphatic rings. The summed E-state index contributed by atoms with van der Waals surface area (Å²) in [6, 6.07) is 5.64. The highest BCUT2D eigenvalue weighted by Gasteiger charge is 2.34. The summed E-state index contributed by atoms with van der Waals surface area (Å²) in [7, 11) is -5.98. The summed E-state index contributed by atoms with van der Waals surface area (Å²) in [6.45, 7) is 2.25. The normalized spacial score (nSPS) is 18.4. The second-order valence-corrected chi connectivity index (χ2v) is 9.95. The zero-order valence-electron chi connectivity index (χ0n) is 13.9. The van der Waals surface area contributed by atoms with Crippen LogP contribution in [0.5, 0.6) is 0 Å². The molecule has 2 N–H and O–H groups in total. The molecule has 0 amide bonds. The van der Waals surface area contributed by atoms with Gasteiger partial charge in [-0.25, -0.2) is 21.6 Å². The molecule has 0 unspecified atom stereocenters. The van der Waals surface area contributed by atoms with Gasteiger partial charge in [0.05, 0.1) is 11.5 Å². The predicted molar refractivity (Wildman–Crippen MR) is 91.2 cm³/mol. The van der Waals surface area contributed by atoms with Crippen LogP contribution >= 0.6 is 0 Å². The number of sulfonamides is 1. The Morgan fingerprint density at radius 3 is 2.25 bits per heavy atom. The van der Waals surface area contributed by atoms with E-state index in [1.165, 1.54) is 24.3 Å². The van der Waals surface area contributed by atoms with Crippen LogP contribution in [0, 0.1) is 5.41 Å². The Bertz CT molecular complexity index is 763. The van der Waals surface area contributed by atoms with Gasteiger partial charge < -0.3 is 10.1 Å². The maximum atomic E-state index is 12.7. The van der Waals surface area contributed by atoms with Gasteiger partial charge in [-0.3, -0.25) is 0 Å². The first-order valence-corrected chi connectivity index (χ1v) is 11.1. The first kappa shape index (κ1) is 19.3. The lowest BCUT2D eigenvalue weighted by molar-refractivity contribution is 0.0577. The van der Waals surface area contributed by atoms with Gasteiger partial charge in [-0.2, -0.15) is 0 Å². The number of rotatable bonds is 7. The molecular weight excluding hydrogens is 352 g/mol. The van der Waals surface area contributed by atoms with E-state index in [0.29, 0.717) is 6.61 Å². The van der Waals surface area contributed by atoms with Gasteiger partial charge in [0.2, 0.25) is 10.0 Å². The van der Waals surface area contributed by atoms with Crippen molar-refractivity contribution in [1.29, 1.82) is 0 Å². The number of piperidine rings is 1. The Morgan fingerprint density at radius 2 is 1.71 bits per heavy atom. The van der Waals surface area contributed by atoms with E-state index in [4.69, 9.17) is 4.74 Å². The number of hydrogen-bond acceptors (Lipinski definition) is 6. The van der Waals surface area contributed by atoms with Crippen molar-refractivity contribution in [2.75, 3.05) is 39.6 Å². The molecule has 24 heavy (non-hydrogen) atoms. The Kier molecular flexibility index (Phi) is 6.03. The zero-order valence-corrected chi connectivity index (χ0v) is 15.5. The van der Waals surface area contributed by atoms with Crippen LogP contribution in [-0.4, -0.2) is 56.4 Å². The molecule has 9 heteroatoms. The summed E-state index contributed by atoms with van der Waals surface area (Å²) >= 11 is 0. The van der Waals surface area contributed by atoms with Gasteiger partial charge in [-0.15, -0.1) is 0 Å². The molecular formula is C15H24N2O5S2. The Balaban J connectivity index is 2.26. The van der Waals surface area contributed by atoms with E-state index < -0.39 is 19.9 Å². The van der Waals surface area contributed by atoms with Crippen LogP contribution in [0.25, 0.3) is 0 Å². The smallest absolute Gasteiger partial charge is 0.241 e. The van der Waals surface area contributed by atoms with Gasteiger partial charge in [0.1, 0.15) is 4.90 Å². The lowest BCUT2D eigenvalue weighted by Gasteiger charge is -2.37. The topological polar surface area (TPSA) is 102 Å². The van der Waals surface area contributed by atoms with Crippen molar-refractivity contribution in [3.05, 3.63) is 24.3 Å². The molecule has 1 heterocycles. The standard InChI is InChI=1S/C15H24N2O5S2/c1-22-12-15(7-9-16-10-8-15)11-17-24(20,21)14-6-4-3-5-13(14)23(2,18)19/h3-6,16-17H,7-12H2,1-2H3. The molecule has 136 valence electrons. The molecule has 0 saturated carbocycles. The molecule has 1 saturated heterocycles. The highest BCUT2D eigenvalue weighted by molar-refractivity contribution is 7.93. The SMILES string of the molecule is COCC1(CNS(=O)(=O)c2ccccc2S(C)(=O)=O)CCNCC1. The third-order valence-electron chi connectivity index (χ3n) is 4.29. The maximum Gasteiger partial charge on any atom is 0.241 e. The van der Waals surface area contributed by atoms with Crippen molar-refractivity contribution in [1.82, 2.24) is 10.0 Å². The minimum atomic E-state index is -3.94. The third-order valence-corrected chi connectivity index (χ3v) is 7.03.